The van der Waals surface area contributed by atoms with E-state index in [1.165, 1.54) is 12.5 Å². The van der Waals surface area contributed by atoms with Gasteiger partial charge in [0.2, 0.25) is 0 Å². The lowest BCUT2D eigenvalue weighted by Crippen LogP contribution is -1.63. The molecule has 0 saturated carbocycles. The molecule has 0 atom stereocenters. The molecule has 0 aliphatic rings. The quantitative estimate of drug-likeness (QED) is 0.179. The third-order valence-electron chi connectivity index (χ3n) is 0.409. The summed E-state index contributed by atoms with van der Waals surface area (Å²) in [7, 11) is 0. The molecule has 5 nitrogen and oxygen atoms in total. The van der Waals surface area contributed by atoms with E-state index in [9.17, 15) is 0 Å². The number of hydrogen-bond acceptors (Lipinski definition) is 1. The molecule has 46 valence electrons. The summed E-state index contributed by atoms with van der Waals surface area (Å²) in [6, 6.07) is 0. The van der Waals surface area contributed by atoms with E-state index in [1.54, 1.807) is 0 Å². The Bertz CT molecular complexity index is 173. The van der Waals surface area contributed by atoms with Crippen LogP contribution in [0.15, 0.2) is 27.9 Å². The van der Waals surface area contributed by atoms with Crippen LogP contribution >= 0.6 is 0 Å². The number of rotatable bonds is 3. The fourth-order valence-electron chi connectivity index (χ4n) is 0.168. The molecule has 0 saturated heterocycles. The zero-order valence-corrected chi connectivity index (χ0v) is 4.68. The van der Waals surface area contributed by atoms with Crippen LogP contribution in [0.3, 0.4) is 0 Å². The zero-order chi connectivity index (χ0) is 6.95. The molecule has 0 aliphatic carbocycles. The van der Waals surface area contributed by atoms with E-state index in [4.69, 9.17) is 5.53 Å². The Morgan fingerprint density at radius 3 is 2.67 bits per heavy atom. The van der Waals surface area contributed by atoms with E-state index in [2.05, 4.69) is 26.6 Å². The summed E-state index contributed by atoms with van der Waals surface area (Å²) < 4.78 is 0. The second kappa shape index (κ2) is 6.39. The summed E-state index contributed by atoms with van der Waals surface area (Å²) in [5, 5.41) is 3.01. The van der Waals surface area contributed by atoms with E-state index in [0.717, 1.165) is 6.34 Å². The number of hydrogen-bond donors (Lipinski definition) is 0. The maximum atomic E-state index is 7.73. The molecule has 0 amide bonds. The third kappa shape index (κ3) is 6.39. The monoisotopic (exact) mass is 123 g/mol. The molecular weight excluding hydrogens is 118 g/mol. The van der Waals surface area contributed by atoms with Gasteiger partial charge in [0.1, 0.15) is 6.34 Å². The molecule has 0 aliphatic heterocycles. The Morgan fingerprint density at radius 1 is 1.33 bits per heavy atom. The van der Waals surface area contributed by atoms with Crippen LogP contribution < -0.4 is 0 Å². The van der Waals surface area contributed by atoms with Gasteiger partial charge in [0, 0.05) is 11.1 Å². The summed E-state index contributed by atoms with van der Waals surface area (Å²) in [4.78, 5) is 9.37. The van der Waals surface area contributed by atoms with Gasteiger partial charge in [-0.1, -0.05) is 6.58 Å². The molecule has 0 aromatic carbocycles. The van der Waals surface area contributed by atoms with Gasteiger partial charge in [-0.2, -0.15) is 0 Å². The average molecular weight is 123 g/mol. The van der Waals surface area contributed by atoms with Crippen LogP contribution in [0.25, 0.3) is 10.4 Å². The van der Waals surface area contributed by atoms with Crippen LogP contribution in [0.5, 0.6) is 0 Å². The molecular formula is C4H5N5. The summed E-state index contributed by atoms with van der Waals surface area (Å²) in [5.41, 5.74) is 7.73. The van der Waals surface area contributed by atoms with Crippen LogP contribution in [-0.4, -0.2) is 12.7 Å². The highest BCUT2D eigenvalue weighted by atomic mass is 15.1. The largest absolute Gasteiger partial charge is 0.246 e. The molecule has 0 heterocycles. The first-order valence-corrected chi connectivity index (χ1v) is 2.10. The van der Waals surface area contributed by atoms with Crippen LogP contribution in [0.4, 0.5) is 0 Å². The second-order valence-corrected chi connectivity index (χ2v) is 0.917. The number of nitrogens with zero attached hydrogens (tertiary/aromatic N) is 5. The van der Waals surface area contributed by atoms with Crippen LogP contribution in [0, 0.1) is 0 Å². The van der Waals surface area contributed by atoms with Crippen molar-refractivity contribution >= 4 is 12.7 Å². The molecule has 0 N–H and O–H groups in total. The Morgan fingerprint density at radius 2 is 2.11 bits per heavy atom. The van der Waals surface area contributed by atoms with Crippen LogP contribution in [0.2, 0.25) is 0 Å². The van der Waals surface area contributed by atoms with Crippen molar-refractivity contribution in [1.82, 2.24) is 0 Å². The van der Waals surface area contributed by atoms with E-state index in [-0.39, 0.29) is 0 Å². The predicted molar refractivity (Wildman–Crippen MR) is 36.3 cm³/mol. The fourth-order valence-corrected chi connectivity index (χ4v) is 0.168. The maximum absolute atomic E-state index is 7.73. The highest BCUT2D eigenvalue weighted by molar-refractivity contribution is 5.71. The SMILES string of the molecule is C=CN=CN=CN=[N+]=[N-]. The number of azide groups is 1. The Labute approximate surface area is 52.1 Å². The molecule has 0 bridgehead atoms. The van der Waals surface area contributed by atoms with Crippen LogP contribution in [0.1, 0.15) is 0 Å². The normalized spacial score (nSPS) is 9.78. The van der Waals surface area contributed by atoms with E-state index in [1.807, 2.05) is 0 Å². The maximum Gasteiger partial charge on any atom is 0.115 e. The van der Waals surface area contributed by atoms with Gasteiger partial charge in [0.25, 0.3) is 0 Å². The first kappa shape index (κ1) is 7.39. The van der Waals surface area contributed by atoms with Gasteiger partial charge in [-0.3, -0.25) is 0 Å². The predicted octanol–water partition coefficient (Wildman–Crippen LogP) is 1.50. The highest BCUT2D eigenvalue weighted by Crippen LogP contribution is 1.66. The van der Waals surface area contributed by atoms with Gasteiger partial charge < -0.3 is 0 Å². The molecule has 5 heteroatoms. The molecule has 0 aromatic rings. The minimum atomic E-state index is 1.05. The molecule has 9 heavy (non-hydrogen) atoms. The fraction of sp³-hybridized carbons (Fsp3) is 0. The molecule has 0 unspecified atom stereocenters. The van der Waals surface area contributed by atoms with E-state index < -0.39 is 0 Å². The summed E-state index contributed by atoms with van der Waals surface area (Å²) in [6.07, 6.45) is 3.60. The summed E-state index contributed by atoms with van der Waals surface area (Å²) in [6.45, 7) is 3.30. The van der Waals surface area contributed by atoms with Crippen molar-refractivity contribution in [3.63, 3.8) is 0 Å². The Hall–Kier alpha value is -1.61. The van der Waals surface area contributed by atoms with Crippen LogP contribution in [-0.2, 0) is 0 Å². The standard InChI is InChI=1S/C4H5N5/c1-2-6-3-7-4-8-9-5/h2-4H,1H2. The molecule has 0 fully saturated rings. The van der Waals surface area contributed by atoms with Gasteiger partial charge in [0.05, 0.1) is 6.34 Å². The Balaban J connectivity index is 3.58. The van der Waals surface area contributed by atoms with Crippen molar-refractivity contribution in [2.75, 3.05) is 0 Å². The third-order valence-corrected chi connectivity index (χ3v) is 0.409. The first-order chi connectivity index (χ1) is 4.41. The molecule has 0 spiro atoms. The summed E-state index contributed by atoms with van der Waals surface area (Å²) >= 11 is 0. The van der Waals surface area contributed by atoms with Crippen molar-refractivity contribution in [3.8, 4) is 0 Å². The zero-order valence-electron chi connectivity index (χ0n) is 4.68. The molecule has 0 radical (unpaired) electrons. The molecule has 0 rings (SSSR count). The van der Waals surface area contributed by atoms with Gasteiger partial charge in [-0.05, 0) is 10.6 Å². The number of aliphatic imine (C=N–C) groups is 2. The minimum absolute atomic E-state index is 1.05. The second-order valence-electron chi connectivity index (χ2n) is 0.917. The van der Waals surface area contributed by atoms with Gasteiger partial charge in [-0.25, -0.2) is 9.98 Å². The minimum Gasteiger partial charge on any atom is -0.246 e. The van der Waals surface area contributed by atoms with E-state index in [0.29, 0.717) is 0 Å². The first-order valence-electron chi connectivity index (χ1n) is 2.10. The van der Waals surface area contributed by atoms with Gasteiger partial charge >= 0.3 is 0 Å². The lowest BCUT2D eigenvalue weighted by atomic mass is 11.0. The topological polar surface area (TPSA) is 73.5 Å². The Kier molecular flexibility index (Phi) is 5.25. The highest BCUT2D eigenvalue weighted by Gasteiger charge is 1.57. The van der Waals surface area contributed by atoms with Gasteiger partial charge in [-0.15, -0.1) is 0 Å². The lowest BCUT2D eigenvalue weighted by Gasteiger charge is -1.68. The van der Waals surface area contributed by atoms with E-state index >= 15 is 0 Å². The lowest BCUT2D eigenvalue weighted by molar-refractivity contribution is 1.55. The van der Waals surface area contributed by atoms with Crippen molar-refractivity contribution in [2.24, 2.45) is 15.1 Å². The average Bonchev–Trinajstić information content (AvgIpc) is 1.89. The van der Waals surface area contributed by atoms with Crippen molar-refractivity contribution < 1.29 is 0 Å². The molecule has 0 aromatic heterocycles. The van der Waals surface area contributed by atoms with Crippen molar-refractivity contribution in [1.29, 1.82) is 0 Å². The smallest absolute Gasteiger partial charge is 0.115 e. The van der Waals surface area contributed by atoms with Crippen molar-refractivity contribution in [3.05, 3.63) is 23.2 Å². The van der Waals surface area contributed by atoms with Crippen molar-refractivity contribution in [2.45, 2.75) is 0 Å². The summed E-state index contributed by atoms with van der Waals surface area (Å²) in [5.74, 6) is 0. The van der Waals surface area contributed by atoms with Gasteiger partial charge in [0.15, 0.2) is 0 Å².